The van der Waals surface area contributed by atoms with Crippen molar-refractivity contribution in [1.29, 1.82) is 0 Å². The maximum Gasteiger partial charge on any atom is 0.323 e. The van der Waals surface area contributed by atoms with E-state index >= 15 is 0 Å². The molecule has 1 aliphatic rings. The fraction of sp³-hybridized carbons (Fsp3) is 0.538. The maximum atomic E-state index is 12.5. The molecule has 1 fully saturated rings. The summed E-state index contributed by atoms with van der Waals surface area (Å²) in [5, 5.41) is 8.84. The third-order valence-electron chi connectivity index (χ3n) is 3.24. The molecule has 104 valence electrons. The second kappa shape index (κ2) is 5.05. The highest BCUT2D eigenvalue weighted by Gasteiger charge is 2.35. The molecule has 1 aliphatic heterocycles. The molecule has 1 saturated heterocycles. The molecule has 19 heavy (non-hydrogen) atoms. The molecule has 0 bridgehead atoms. The van der Waals surface area contributed by atoms with Gasteiger partial charge in [0.05, 0.1) is 18.8 Å². The van der Waals surface area contributed by atoms with Crippen LogP contribution < -0.4 is 0 Å². The highest BCUT2D eigenvalue weighted by atomic mass is 16.5. The summed E-state index contributed by atoms with van der Waals surface area (Å²) in [6.07, 6.45) is 1.61. The van der Waals surface area contributed by atoms with E-state index in [1.807, 2.05) is 13.8 Å². The van der Waals surface area contributed by atoms with E-state index in [0.29, 0.717) is 25.5 Å². The molecule has 1 aromatic rings. The molecule has 2 rings (SSSR count). The molecule has 0 atom stereocenters. The average Bonchev–Trinajstić information content (AvgIpc) is 2.75. The largest absolute Gasteiger partial charge is 0.480 e. The first kappa shape index (κ1) is 13.6. The van der Waals surface area contributed by atoms with Gasteiger partial charge in [0.2, 0.25) is 0 Å². The van der Waals surface area contributed by atoms with Crippen LogP contribution in [0, 0.1) is 0 Å². The van der Waals surface area contributed by atoms with E-state index in [4.69, 9.17) is 9.84 Å². The number of nitrogens with zero attached hydrogens (tertiary/aromatic N) is 2. The minimum atomic E-state index is -0.966. The normalized spacial score (nSPS) is 18.3. The number of rotatable bonds is 3. The van der Waals surface area contributed by atoms with Crippen LogP contribution in [-0.2, 0) is 16.1 Å². The van der Waals surface area contributed by atoms with E-state index < -0.39 is 5.97 Å². The zero-order valence-corrected chi connectivity index (χ0v) is 11.1. The number of aliphatic carboxylic acids is 1. The Morgan fingerprint density at radius 3 is 2.84 bits per heavy atom. The Balaban J connectivity index is 2.24. The van der Waals surface area contributed by atoms with Gasteiger partial charge in [0.15, 0.2) is 0 Å². The first-order chi connectivity index (χ1) is 8.92. The minimum Gasteiger partial charge on any atom is -0.480 e. The van der Waals surface area contributed by atoms with E-state index in [2.05, 4.69) is 0 Å². The summed E-state index contributed by atoms with van der Waals surface area (Å²) in [6.45, 7) is 5.18. The van der Waals surface area contributed by atoms with Gasteiger partial charge in [-0.05, 0) is 26.0 Å². The smallest absolute Gasteiger partial charge is 0.323 e. The van der Waals surface area contributed by atoms with Crippen LogP contribution in [0.3, 0.4) is 0 Å². The fourth-order valence-electron chi connectivity index (χ4n) is 2.26. The number of carbonyl (C=O) groups excluding carboxylic acids is 1. The van der Waals surface area contributed by atoms with Gasteiger partial charge >= 0.3 is 5.97 Å². The third kappa shape index (κ3) is 2.78. The molecular formula is C13H18N2O4. The van der Waals surface area contributed by atoms with Gasteiger partial charge in [-0.2, -0.15) is 0 Å². The zero-order chi connectivity index (χ0) is 14.0. The highest BCUT2D eigenvalue weighted by molar-refractivity contribution is 5.93. The Labute approximate surface area is 111 Å². The van der Waals surface area contributed by atoms with E-state index in [1.54, 1.807) is 23.2 Å². The number of hydrogen-bond donors (Lipinski definition) is 1. The van der Waals surface area contributed by atoms with Gasteiger partial charge in [0, 0.05) is 12.7 Å². The monoisotopic (exact) mass is 266 g/mol. The summed E-state index contributed by atoms with van der Waals surface area (Å²) in [7, 11) is 0. The van der Waals surface area contributed by atoms with Crippen LogP contribution >= 0.6 is 0 Å². The van der Waals surface area contributed by atoms with E-state index in [9.17, 15) is 9.59 Å². The quantitative estimate of drug-likeness (QED) is 0.879. The van der Waals surface area contributed by atoms with E-state index in [0.717, 1.165) is 0 Å². The van der Waals surface area contributed by atoms with Gasteiger partial charge in [-0.1, -0.05) is 0 Å². The number of carbonyl (C=O) groups is 2. The lowest BCUT2D eigenvalue weighted by molar-refractivity contribution is -0.137. The van der Waals surface area contributed by atoms with Gasteiger partial charge < -0.3 is 19.3 Å². The van der Waals surface area contributed by atoms with Crippen molar-refractivity contribution in [2.45, 2.75) is 25.9 Å². The van der Waals surface area contributed by atoms with Crippen molar-refractivity contribution in [2.24, 2.45) is 0 Å². The summed E-state index contributed by atoms with van der Waals surface area (Å²) < 4.78 is 6.84. The number of amides is 1. The van der Waals surface area contributed by atoms with Gasteiger partial charge in [-0.25, -0.2) is 0 Å². The van der Waals surface area contributed by atoms with Crippen molar-refractivity contribution in [3.05, 3.63) is 24.0 Å². The standard InChI is InChI=1S/C13H18N2O4/c1-13(2)9-19-7-6-15(13)12(18)10-4-3-5-14(10)8-11(16)17/h3-5H,6-9H2,1-2H3,(H,16,17). The van der Waals surface area contributed by atoms with Gasteiger partial charge in [-0.15, -0.1) is 0 Å². The van der Waals surface area contributed by atoms with Crippen molar-refractivity contribution in [2.75, 3.05) is 19.8 Å². The zero-order valence-electron chi connectivity index (χ0n) is 11.1. The number of hydrogen-bond acceptors (Lipinski definition) is 3. The Morgan fingerprint density at radius 1 is 1.47 bits per heavy atom. The molecule has 6 heteroatoms. The molecule has 0 unspecified atom stereocenters. The Kier molecular flexibility index (Phi) is 3.61. The molecule has 0 aromatic carbocycles. The highest BCUT2D eigenvalue weighted by Crippen LogP contribution is 2.21. The molecular weight excluding hydrogens is 248 g/mol. The summed E-state index contributed by atoms with van der Waals surface area (Å²) in [4.78, 5) is 25.1. The van der Waals surface area contributed by atoms with Crippen molar-refractivity contribution in [1.82, 2.24) is 9.47 Å². The molecule has 1 amide bonds. The second-order valence-electron chi connectivity index (χ2n) is 5.24. The van der Waals surface area contributed by atoms with Crippen molar-refractivity contribution in [3.8, 4) is 0 Å². The molecule has 6 nitrogen and oxygen atoms in total. The van der Waals surface area contributed by atoms with Crippen molar-refractivity contribution >= 4 is 11.9 Å². The summed E-state index contributed by atoms with van der Waals surface area (Å²) >= 11 is 0. The topological polar surface area (TPSA) is 71.8 Å². The predicted octanol–water partition coefficient (Wildman–Crippen LogP) is 0.824. The van der Waals surface area contributed by atoms with Crippen LogP contribution in [0.5, 0.6) is 0 Å². The Hall–Kier alpha value is -1.82. The van der Waals surface area contributed by atoms with Gasteiger partial charge in [0.25, 0.3) is 5.91 Å². The lowest BCUT2D eigenvalue weighted by Gasteiger charge is -2.42. The molecule has 0 saturated carbocycles. The Morgan fingerprint density at radius 2 is 2.21 bits per heavy atom. The van der Waals surface area contributed by atoms with Crippen LogP contribution in [-0.4, -0.2) is 51.7 Å². The SMILES string of the molecule is CC1(C)COCCN1C(=O)c1cccn1CC(=O)O. The van der Waals surface area contributed by atoms with Crippen LogP contribution in [0.25, 0.3) is 0 Å². The molecule has 2 heterocycles. The lowest BCUT2D eigenvalue weighted by Crippen LogP contribution is -2.55. The summed E-state index contributed by atoms with van der Waals surface area (Å²) in [6, 6.07) is 3.33. The van der Waals surface area contributed by atoms with Gasteiger partial charge in [-0.3, -0.25) is 9.59 Å². The number of carboxylic acid groups (broad SMARTS) is 1. The molecule has 0 spiro atoms. The number of aromatic nitrogens is 1. The lowest BCUT2D eigenvalue weighted by atomic mass is 10.0. The molecule has 1 N–H and O–H groups in total. The van der Waals surface area contributed by atoms with Crippen molar-refractivity contribution < 1.29 is 19.4 Å². The Bertz CT molecular complexity index is 493. The number of ether oxygens (including phenoxy) is 1. The van der Waals surface area contributed by atoms with E-state index in [-0.39, 0.29) is 18.0 Å². The number of carboxylic acids is 1. The molecule has 1 aromatic heterocycles. The summed E-state index contributed by atoms with van der Waals surface area (Å²) in [5.74, 6) is -1.12. The molecule has 0 radical (unpaired) electrons. The fourth-order valence-corrected chi connectivity index (χ4v) is 2.26. The van der Waals surface area contributed by atoms with Crippen LogP contribution in [0.1, 0.15) is 24.3 Å². The van der Waals surface area contributed by atoms with Crippen LogP contribution in [0.4, 0.5) is 0 Å². The summed E-state index contributed by atoms with van der Waals surface area (Å²) in [5.41, 5.74) is 0.0191. The number of morpholine rings is 1. The van der Waals surface area contributed by atoms with Crippen LogP contribution in [0.2, 0.25) is 0 Å². The maximum absolute atomic E-state index is 12.5. The third-order valence-corrected chi connectivity index (χ3v) is 3.24. The second-order valence-corrected chi connectivity index (χ2v) is 5.24. The van der Waals surface area contributed by atoms with Crippen LogP contribution in [0.15, 0.2) is 18.3 Å². The first-order valence-corrected chi connectivity index (χ1v) is 6.18. The van der Waals surface area contributed by atoms with Crippen molar-refractivity contribution in [3.63, 3.8) is 0 Å². The minimum absolute atomic E-state index is 0.153. The van der Waals surface area contributed by atoms with Gasteiger partial charge in [0.1, 0.15) is 12.2 Å². The predicted molar refractivity (Wildman–Crippen MR) is 68.0 cm³/mol. The molecule has 0 aliphatic carbocycles. The average molecular weight is 266 g/mol. The van der Waals surface area contributed by atoms with E-state index in [1.165, 1.54) is 4.57 Å². The first-order valence-electron chi connectivity index (χ1n) is 6.18.